The SMILES string of the molecule is CCCC1CCCN(C(=O)c2cccc(F)n2)CC1. The van der Waals surface area contributed by atoms with E-state index in [-0.39, 0.29) is 11.6 Å². The monoisotopic (exact) mass is 264 g/mol. The van der Waals surface area contributed by atoms with Crippen LogP contribution in [0.25, 0.3) is 0 Å². The smallest absolute Gasteiger partial charge is 0.272 e. The molecule has 0 radical (unpaired) electrons. The van der Waals surface area contributed by atoms with Crippen molar-refractivity contribution in [2.24, 2.45) is 5.92 Å². The molecule has 1 aromatic rings. The molecule has 1 aromatic heterocycles. The molecule has 4 heteroatoms. The van der Waals surface area contributed by atoms with E-state index in [1.54, 1.807) is 6.07 Å². The Labute approximate surface area is 113 Å². The summed E-state index contributed by atoms with van der Waals surface area (Å²) in [5, 5.41) is 0. The first-order chi connectivity index (χ1) is 9.20. The fourth-order valence-corrected chi connectivity index (χ4v) is 2.75. The summed E-state index contributed by atoms with van der Waals surface area (Å²) in [6.45, 7) is 3.73. The van der Waals surface area contributed by atoms with Crippen molar-refractivity contribution < 1.29 is 9.18 Å². The van der Waals surface area contributed by atoms with Gasteiger partial charge in [-0.05, 0) is 37.3 Å². The summed E-state index contributed by atoms with van der Waals surface area (Å²) >= 11 is 0. The van der Waals surface area contributed by atoms with Crippen LogP contribution < -0.4 is 0 Å². The van der Waals surface area contributed by atoms with Gasteiger partial charge in [0.2, 0.25) is 5.95 Å². The predicted octanol–water partition coefficient (Wildman–Crippen LogP) is 3.26. The normalized spacial score (nSPS) is 20.1. The van der Waals surface area contributed by atoms with Crippen LogP contribution in [0.15, 0.2) is 18.2 Å². The van der Waals surface area contributed by atoms with E-state index in [1.807, 2.05) is 4.90 Å². The molecule has 0 aliphatic carbocycles. The fraction of sp³-hybridized carbons (Fsp3) is 0.600. The van der Waals surface area contributed by atoms with E-state index in [0.717, 1.165) is 31.8 Å². The molecule has 1 atom stereocenters. The third-order valence-corrected chi connectivity index (χ3v) is 3.77. The van der Waals surface area contributed by atoms with Crippen LogP contribution in [0.1, 0.15) is 49.5 Å². The maximum atomic E-state index is 13.1. The lowest BCUT2D eigenvalue weighted by atomic mass is 9.96. The van der Waals surface area contributed by atoms with E-state index in [4.69, 9.17) is 0 Å². The molecule has 1 fully saturated rings. The Morgan fingerprint density at radius 2 is 2.26 bits per heavy atom. The highest BCUT2D eigenvalue weighted by Crippen LogP contribution is 2.22. The van der Waals surface area contributed by atoms with Gasteiger partial charge in [0.25, 0.3) is 5.91 Å². The molecule has 1 aliphatic rings. The number of carbonyl (C=O) groups excluding carboxylic acids is 1. The van der Waals surface area contributed by atoms with Crippen LogP contribution >= 0.6 is 0 Å². The average molecular weight is 264 g/mol. The molecule has 2 heterocycles. The van der Waals surface area contributed by atoms with Gasteiger partial charge in [0.15, 0.2) is 0 Å². The summed E-state index contributed by atoms with van der Waals surface area (Å²) < 4.78 is 13.1. The molecule has 1 amide bonds. The molecule has 3 nitrogen and oxygen atoms in total. The zero-order chi connectivity index (χ0) is 13.7. The summed E-state index contributed by atoms with van der Waals surface area (Å²) in [5.41, 5.74) is 0.217. The lowest BCUT2D eigenvalue weighted by Crippen LogP contribution is -2.32. The number of hydrogen-bond acceptors (Lipinski definition) is 2. The van der Waals surface area contributed by atoms with Crippen molar-refractivity contribution in [1.29, 1.82) is 0 Å². The van der Waals surface area contributed by atoms with E-state index in [9.17, 15) is 9.18 Å². The van der Waals surface area contributed by atoms with Crippen molar-refractivity contribution in [3.63, 3.8) is 0 Å². The molecule has 0 spiro atoms. The van der Waals surface area contributed by atoms with Gasteiger partial charge in [-0.25, -0.2) is 4.98 Å². The first kappa shape index (κ1) is 14.0. The van der Waals surface area contributed by atoms with Crippen LogP contribution in [0.3, 0.4) is 0 Å². The molecule has 1 aliphatic heterocycles. The number of hydrogen-bond donors (Lipinski definition) is 0. The van der Waals surface area contributed by atoms with Crippen molar-refractivity contribution in [2.45, 2.75) is 39.0 Å². The molecule has 19 heavy (non-hydrogen) atoms. The number of carbonyl (C=O) groups is 1. The summed E-state index contributed by atoms with van der Waals surface area (Å²) in [6.07, 6.45) is 5.71. The maximum absolute atomic E-state index is 13.1. The van der Waals surface area contributed by atoms with E-state index >= 15 is 0 Å². The molecule has 104 valence electrons. The highest BCUT2D eigenvalue weighted by molar-refractivity contribution is 5.92. The predicted molar refractivity (Wildman–Crippen MR) is 72.3 cm³/mol. The molecule has 1 unspecified atom stereocenters. The minimum atomic E-state index is -0.593. The van der Waals surface area contributed by atoms with Crippen molar-refractivity contribution in [3.8, 4) is 0 Å². The van der Waals surface area contributed by atoms with Gasteiger partial charge in [-0.15, -0.1) is 0 Å². The highest BCUT2D eigenvalue weighted by atomic mass is 19.1. The Morgan fingerprint density at radius 3 is 3.00 bits per heavy atom. The van der Waals surface area contributed by atoms with Gasteiger partial charge in [0, 0.05) is 13.1 Å². The summed E-state index contributed by atoms with van der Waals surface area (Å²) in [6, 6.07) is 4.38. The van der Waals surface area contributed by atoms with Crippen LogP contribution in [-0.4, -0.2) is 28.9 Å². The Balaban J connectivity index is 2.00. The van der Waals surface area contributed by atoms with Crippen LogP contribution in [-0.2, 0) is 0 Å². The second-order valence-electron chi connectivity index (χ2n) is 5.22. The van der Waals surface area contributed by atoms with E-state index in [0.29, 0.717) is 0 Å². The number of aromatic nitrogens is 1. The quantitative estimate of drug-likeness (QED) is 0.785. The maximum Gasteiger partial charge on any atom is 0.272 e. The summed E-state index contributed by atoms with van der Waals surface area (Å²) in [7, 11) is 0. The molecular weight excluding hydrogens is 243 g/mol. The largest absolute Gasteiger partial charge is 0.337 e. The molecule has 0 saturated carbocycles. The fourth-order valence-electron chi connectivity index (χ4n) is 2.75. The minimum Gasteiger partial charge on any atom is -0.337 e. The number of nitrogens with zero attached hydrogens (tertiary/aromatic N) is 2. The Kier molecular flexibility index (Phi) is 4.88. The van der Waals surface area contributed by atoms with Crippen molar-refractivity contribution in [1.82, 2.24) is 9.88 Å². The van der Waals surface area contributed by atoms with Crippen molar-refractivity contribution >= 4 is 5.91 Å². The molecule has 0 N–H and O–H groups in total. The Hall–Kier alpha value is -1.45. The number of rotatable bonds is 3. The van der Waals surface area contributed by atoms with E-state index in [1.165, 1.54) is 31.4 Å². The summed E-state index contributed by atoms with van der Waals surface area (Å²) in [5.74, 6) is -0.00977. The number of amides is 1. The summed E-state index contributed by atoms with van der Waals surface area (Å²) in [4.78, 5) is 17.8. The Bertz CT molecular complexity index is 436. The second kappa shape index (κ2) is 6.64. The van der Waals surface area contributed by atoms with Crippen molar-refractivity contribution in [3.05, 3.63) is 29.8 Å². The van der Waals surface area contributed by atoms with Gasteiger partial charge in [-0.3, -0.25) is 4.79 Å². The standard InChI is InChI=1S/C15H21FN2O/c1-2-5-12-6-4-10-18(11-9-12)15(19)13-7-3-8-14(16)17-13/h3,7-8,12H,2,4-6,9-11H2,1H3. The van der Waals surface area contributed by atoms with Gasteiger partial charge in [0.05, 0.1) is 0 Å². The third kappa shape index (κ3) is 3.75. The number of likely N-dealkylation sites (tertiary alicyclic amines) is 1. The zero-order valence-corrected chi connectivity index (χ0v) is 11.4. The molecule has 1 saturated heterocycles. The van der Waals surface area contributed by atoms with Crippen molar-refractivity contribution in [2.75, 3.05) is 13.1 Å². The average Bonchev–Trinajstić information content (AvgIpc) is 2.64. The second-order valence-corrected chi connectivity index (χ2v) is 5.22. The number of halogens is 1. The molecular formula is C15H21FN2O. The van der Waals surface area contributed by atoms with Crippen LogP contribution in [0, 0.1) is 11.9 Å². The van der Waals surface area contributed by atoms with Gasteiger partial charge in [-0.2, -0.15) is 4.39 Å². The highest BCUT2D eigenvalue weighted by Gasteiger charge is 2.22. The third-order valence-electron chi connectivity index (χ3n) is 3.77. The lowest BCUT2D eigenvalue weighted by molar-refractivity contribution is 0.0752. The number of pyridine rings is 1. The lowest BCUT2D eigenvalue weighted by Gasteiger charge is -2.20. The van der Waals surface area contributed by atoms with Crippen LogP contribution in [0.2, 0.25) is 0 Å². The first-order valence-corrected chi connectivity index (χ1v) is 7.12. The van der Waals surface area contributed by atoms with Crippen LogP contribution in [0.5, 0.6) is 0 Å². The topological polar surface area (TPSA) is 33.2 Å². The Morgan fingerprint density at radius 1 is 1.42 bits per heavy atom. The van der Waals surface area contributed by atoms with Gasteiger partial charge >= 0.3 is 0 Å². The minimum absolute atomic E-state index is 0.142. The molecule has 2 rings (SSSR count). The zero-order valence-electron chi connectivity index (χ0n) is 11.4. The molecule has 0 aromatic carbocycles. The van der Waals surface area contributed by atoms with Gasteiger partial charge in [-0.1, -0.05) is 25.8 Å². The first-order valence-electron chi connectivity index (χ1n) is 7.12. The van der Waals surface area contributed by atoms with Gasteiger partial charge < -0.3 is 4.90 Å². The van der Waals surface area contributed by atoms with E-state index < -0.39 is 5.95 Å². The van der Waals surface area contributed by atoms with Gasteiger partial charge in [0.1, 0.15) is 5.69 Å². The van der Waals surface area contributed by atoms with E-state index in [2.05, 4.69) is 11.9 Å². The van der Waals surface area contributed by atoms with Crippen LogP contribution in [0.4, 0.5) is 4.39 Å². The molecule has 0 bridgehead atoms.